The number of aromatic nitrogens is 2. The number of ether oxygens (including phenoxy) is 1. The average molecular weight is 262 g/mol. The second-order valence-electron chi connectivity index (χ2n) is 5.37. The Labute approximate surface area is 104 Å². The molecule has 2 heterocycles. The third kappa shape index (κ3) is 2.68. The molecule has 1 saturated heterocycles. The fraction of sp³-hybridized carbons (Fsp3) is 0.750. The smallest absolute Gasteiger partial charge is 0.375 e. The van der Waals surface area contributed by atoms with E-state index in [1.807, 2.05) is 13.8 Å². The molecule has 1 atom stereocenters. The molecule has 1 aliphatic heterocycles. The topological polar surface area (TPSA) is 27.1 Å². The molecule has 1 aromatic rings. The molecule has 1 aromatic heterocycles. The van der Waals surface area contributed by atoms with Gasteiger partial charge in [0.05, 0.1) is 11.6 Å². The molecule has 0 spiro atoms. The van der Waals surface area contributed by atoms with Crippen LogP contribution in [0.25, 0.3) is 0 Å². The molecular formula is C12H17F3N2O. The van der Waals surface area contributed by atoms with Crippen molar-refractivity contribution in [3.63, 3.8) is 0 Å². The summed E-state index contributed by atoms with van der Waals surface area (Å²) in [5.41, 5.74) is -0.575. The Hall–Kier alpha value is -1.04. The predicted octanol–water partition coefficient (Wildman–Crippen LogP) is 3.34. The molecule has 1 fully saturated rings. The molecule has 2 rings (SSSR count). The van der Waals surface area contributed by atoms with Gasteiger partial charge in [0, 0.05) is 12.3 Å². The second kappa shape index (κ2) is 4.26. The first kappa shape index (κ1) is 13.4. The molecule has 102 valence electrons. The van der Waals surface area contributed by atoms with E-state index in [4.69, 9.17) is 4.74 Å². The first-order valence-electron chi connectivity index (χ1n) is 5.96. The summed E-state index contributed by atoms with van der Waals surface area (Å²) in [6.07, 6.45) is -3.01. The third-order valence-electron chi connectivity index (χ3n) is 3.23. The van der Waals surface area contributed by atoms with Crippen molar-refractivity contribution >= 4 is 0 Å². The summed E-state index contributed by atoms with van der Waals surface area (Å²) in [5, 5.41) is 3.71. The lowest BCUT2D eigenvalue weighted by Gasteiger charge is -2.36. The van der Waals surface area contributed by atoms with Gasteiger partial charge in [-0.25, -0.2) is 0 Å². The van der Waals surface area contributed by atoms with Crippen molar-refractivity contribution in [1.29, 1.82) is 0 Å². The molecule has 0 aromatic carbocycles. The lowest BCUT2D eigenvalue weighted by molar-refractivity contribution is -0.141. The van der Waals surface area contributed by atoms with Crippen molar-refractivity contribution in [1.82, 2.24) is 9.78 Å². The zero-order valence-corrected chi connectivity index (χ0v) is 10.7. The number of aryl methyl sites for hydroxylation is 1. The van der Waals surface area contributed by atoms with Gasteiger partial charge in [0.2, 0.25) is 0 Å². The standard InChI is InChI=1S/C12H17F3N2O/c1-8-6-10(12(13,14)15)16-17(8)9-4-5-18-11(2,3)7-9/h6,9H,4-5,7H2,1-3H3. The van der Waals surface area contributed by atoms with E-state index in [1.54, 1.807) is 6.92 Å². The molecule has 18 heavy (non-hydrogen) atoms. The fourth-order valence-corrected chi connectivity index (χ4v) is 2.40. The molecule has 6 heteroatoms. The van der Waals surface area contributed by atoms with Crippen LogP contribution >= 0.6 is 0 Å². The molecule has 0 saturated carbocycles. The van der Waals surface area contributed by atoms with Crippen molar-refractivity contribution in [2.24, 2.45) is 0 Å². The number of halogens is 3. The SMILES string of the molecule is Cc1cc(C(F)(F)F)nn1C1CCOC(C)(C)C1. The van der Waals surface area contributed by atoms with Gasteiger partial charge in [-0.05, 0) is 39.7 Å². The number of hydrogen-bond donors (Lipinski definition) is 0. The lowest BCUT2D eigenvalue weighted by atomic mass is 9.94. The summed E-state index contributed by atoms with van der Waals surface area (Å²) in [5.74, 6) is 0. The quantitative estimate of drug-likeness (QED) is 0.776. The van der Waals surface area contributed by atoms with Crippen molar-refractivity contribution in [3.05, 3.63) is 17.5 Å². The van der Waals surface area contributed by atoms with E-state index in [0.29, 0.717) is 25.1 Å². The van der Waals surface area contributed by atoms with E-state index in [0.717, 1.165) is 6.07 Å². The van der Waals surface area contributed by atoms with Crippen LogP contribution in [0.1, 0.15) is 44.1 Å². The molecule has 1 aliphatic rings. The third-order valence-corrected chi connectivity index (χ3v) is 3.23. The van der Waals surface area contributed by atoms with Crippen LogP contribution in [0.3, 0.4) is 0 Å². The Morgan fingerprint density at radius 3 is 2.61 bits per heavy atom. The number of nitrogens with zero attached hydrogens (tertiary/aromatic N) is 2. The van der Waals surface area contributed by atoms with Crippen LogP contribution in [-0.4, -0.2) is 22.0 Å². The second-order valence-corrected chi connectivity index (χ2v) is 5.37. The zero-order valence-electron chi connectivity index (χ0n) is 10.7. The van der Waals surface area contributed by atoms with E-state index >= 15 is 0 Å². The molecule has 0 bridgehead atoms. The summed E-state index contributed by atoms with van der Waals surface area (Å²) in [7, 11) is 0. The highest BCUT2D eigenvalue weighted by molar-refractivity contribution is 5.13. The highest BCUT2D eigenvalue weighted by atomic mass is 19.4. The maximum absolute atomic E-state index is 12.6. The van der Waals surface area contributed by atoms with Crippen molar-refractivity contribution in [3.8, 4) is 0 Å². The summed E-state index contributed by atoms with van der Waals surface area (Å²) >= 11 is 0. The highest BCUT2D eigenvalue weighted by Gasteiger charge is 2.36. The fourth-order valence-electron chi connectivity index (χ4n) is 2.40. The van der Waals surface area contributed by atoms with Gasteiger partial charge in [0.25, 0.3) is 0 Å². The minimum atomic E-state index is -4.38. The molecular weight excluding hydrogens is 245 g/mol. The van der Waals surface area contributed by atoms with Gasteiger partial charge in [0.1, 0.15) is 0 Å². The first-order valence-corrected chi connectivity index (χ1v) is 5.96. The number of alkyl halides is 3. The Bertz CT molecular complexity index is 437. The first-order chi connectivity index (χ1) is 8.19. The van der Waals surface area contributed by atoms with Crippen LogP contribution in [0, 0.1) is 6.92 Å². The summed E-state index contributed by atoms with van der Waals surface area (Å²) < 4.78 is 44.9. The molecule has 1 unspecified atom stereocenters. The van der Waals surface area contributed by atoms with Crippen LogP contribution < -0.4 is 0 Å². The van der Waals surface area contributed by atoms with Crippen LogP contribution in [0.15, 0.2) is 6.07 Å². The van der Waals surface area contributed by atoms with Crippen LogP contribution in [0.5, 0.6) is 0 Å². The molecule has 0 N–H and O–H groups in total. The molecule has 3 nitrogen and oxygen atoms in total. The van der Waals surface area contributed by atoms with Crippen LogP contribution in [-0.2, 0) is 10.9 Å². The Morgan fingerprint density at radius 2 is 2.11 bits per heavy atom. The molecule has 0 aliphatic carbocycles. The normalized spacial score (nSPS) is 24.2. The van der Waals surface area contributed by atoms with Gasteiger partial charge >= 0.3 is 6.18 Å². The van der Waals surface area contributed by atoms with E-state index in [9.17, 15) is 13.2 Å². The zero-order chi connectivity index (χ0) is 13.6. The minimum Gasteiger partial charge on any atom is -0.375 e. The number of rotatable bonds is 1. The Morgan fingerprint density at radius 1 is 1.44 bits per heavy atom. The highest BCUT2D eigenvalue weighted by Crippen LogP contribution is 2.34. The van der Waals surface area contributed by atoms with Gasteiger partial charge in [-0.3, -0.25) is 4.68 Å². The average Bonchev–Trinajstić information content (AvgIpc) is 2.58. The lowest BCUT2D eigenvalue weighted by Crippen LogP contribution is -2.35. The van der Waals surface area contributed by atoms with Gasteiger partial charge in [-0.15, -0.1) is 0 Å². The largest absolute Gasteiger partial charge is 0.435 e. The monoisotopic (exact) mass is 262 g/mol. The maximum Gasteiger partial charge on any atom is 0.435 e. The van der Waals surface area contributed by atoms with Crippen molar-refractivity contribution in [2.45, 2.75) is 51.4 Å². The van der Waals surface area contributed by atoms with Crippen LogP contribution in [0.4, 0.5) is 13.2 Å². The molecule has 0 amide bonds. The van der Waals surface area contributed by atoms with Crippen molar-refractivity contribution < 1.29 is 17.9 Å². The van der Waals surface area contributed by atoms with Gasteiger partial charge in [0.15, 0.2) is 5.69 Å². The van der Waals surface area contributed by atoms with Gasteiger partial charge < -0.3 is 4.74 Å². The van der Waals surface area contributed by atoms with Gasteiger partial charge in [-0.1, -0.05) is 0 Å². The summed E-state index contributed by atoms with van der Waals surface area (Å²) in [6.45, 7) is 6.11. The van der Waals surface area contributed by atoms with E-state index < -0.39 is 11.9 Å². The molecule has 0 radical (unpaired) electrons. The summed E-state index contributed by atoms with van der Waals surface area (Å²) in [4.78, 5) is 0. The number of hydrogen-bond acceptors (Lipinski definition) is 2. The van der Waals surface area contributed by atoms with Gasteiger partial charge in [-0.2, -0.15) is 18.3 Å². The van der Waals surface area contributed by atoms with E-state index in [1.165, 1.54) is 4.68 Å². The Kier molecular flexibility index (Phi) is 3.17. The predicted molar refractivity (Wildman–Crippen MR) is 60.3 cm³/mol. The minimum absolute atomic E-state index is 0.0233. The maximum atomic E-state index is 12.6. The Balaban J connectivity index is 2.26. The van der Waals surface area contributed by atoms with Crippen molar-refractivity contribution in [2.75, 3.05) is 6.61 Å². The van der Waals surface area contributed by atoms with Crippen LogP contribution in [0.2, 0.25) is 0 Å². The van der Waals surface area contributed by atoms with E-state index in [-0.39, 0.29) is 11.6 Å². The summed E-state index contributed by atoms with van der Waals surface area (Å²) in [6, 6.07) is 1.08. The van der Waals surface area contributed by atoms with E-state index in [2.05, 4.69) is 5.10 Å².